The van der Waals surface area contributed by atoms with Gasteiger partial charge in [0.05, 0.1) is 23.8 Å². The van der Waals surface area contributed by atoms with Crippen molar-refractivity contribution in [3.63, 3.8) is 0 Å². The van der Waals surface area contributed by atoms with Crippen molar-refractivity contribution in [3.8, 4) is 5.75 Å². The molecule has 1 atom stereocenters. The molecule has 1 aromatic rings. The van der Waals surface area contributed by atoms with E-state index in [4.69, 9.17) is 4.74 Å². The second kappa shape index (κ2) is 9.18. The quantitative estimate of drug-likeness (QED) is 0.677. The monoisotopic (exact) mass is 397 g/mol. The summed E-state index contributed by atoms with van der Waals surface area (Å²) in [5.41, 5.74) is 0.407. The average molecular weight is 397 g/mol. The Balaban J connectivity index is 2.15. The Kier molecular flexibility index (Phi) is 7.20. The van der Waals surface area contributed by atoms with Gasteiger partial charge in [-0.25, -0.2) is 8.42 Å². The molecule has 0 radical (unpaired) electrons. The van der Waals surface area contributed by atoms with Crippen LogP contribution >= 0.6 is 0 Å². The van der Waals surface area contributed by atoms with E-state index in [2.05, 4.69) is 5.32 Å². The number of hydrogen-bond acceptors (Lipinski definition) is 6. The first-order chi connectivity index (χ1) is 12.7. The first-order valence-corrected chi connectivity index (χ1v) is 10.7. The van der Waals surface area contributed by atoms with Crippen LogP contribution in [0.2, 0.25) is 0 Å². The SMILES string of the molecule is CCOc1ccccc1NC(=O)C(=O)N(CCN(C)C)C1CCS(=O)(=O)C1. The lowest BCUT2D eigenvalue weighted by molar-refractivity contribution is -0.144. The number of nitrogens with zero attached hydrogens (tertiary/aromatic N) is 2. The van der Waals surface area contributed by atoms with Gasteiger partial charge in [0.2, 0.25) is 0 Å². The lowest BCUT2D eigenvalue weighted by Crippen LogP contribution is -2.48. The number of anilines is 1. The summed E-state index contributed by atoms with van der Waals surface area (Å²) in [6, 6.07) is 6.39. The van der Waals surface area contributed by atoms with Gasteiger partial charge in [-0.05, 0) is 39.6 Å². The van der Waals surface area contributed by atoms with Crippen molar-refractivity contribution in [2.24, 2.45) is 0 Å². The highest BCUT2D eigenvalue weighted by molar-refractivity contribution is 7.91. The first kappa shape index (κ1) is 21.2. The van der Waals surface area contributed by atoms with Crippen molar-refractivity contribution < 1.29 is 22.7 Å². The highest BCUT2D eigenvalue weighted by Crippen LogP contribution is 2.24. The molecular weight excluding hydrogens is 370 g/mol. The standard InChI is InChI=1S/C18H27N3O5S/c1-4-26-16-8-6-5-7-15(16)19-17(22)18(23)21(11-10-20(2)3)14-9-12-27(24,25)13-14/h5-8,14H,4,9-13H2,1-3H3,(H,19,22). The molecule has 1 N–H and O–H groups in total. The molecule has 2 rings (SSSR count). The molecule has 2 amide bonds. The fraction of sp³-hybridized carbons (Fsp3) is 0.556. The van der Waals surface area contributed by atoms with Gasteiger partial charge in [0, 0.05) is 19.1 Å². The Morgan fingerprint density at radius 3 is 2.52 bits per heavy atom. The van der Waals surface area contributed by atoms with Crippen LogP contribution in [0.3, 0.4) is 0 Å². The third-order valence-electron chi connectivity index (χ3n) is 4.33. The number of likely N-dealkylation sites (N-methyl/N-ethyl adjacent to an activating group) is 1. The smallest absolute Gasteiger partial charge is 0.314 e. The summed E-state index contributed by atoms with van der Waals surface area (Å²) in [5.74, 6) is -1.12. The summed E-state index contributed by atoms with van der Waals surface area (Å²) in [7, 11) is 0.537. The molecule has 0 spiro atoms. The largest absolute Gasteiger partial charge is 0.492 e. The van der Waals surface area contributed by atoms with Crippen LogP contribution in [0.4, 0.5) is 5.69 Å². The van der Waals surface area contributed by atoms with Gasteiger partial charge >= 0.3 is 11.8 Å². The lowest BCUT2D eigenvalue weighted by atomic mass is 10.2. The number of sulfone groups is 1. The Morgan fingerprint density at radius 1 is 1.22 bits per heavy atom. The molecule has 1 aliphatic rings. The van der Waals surface area contributed by atoms with Crippen LogP contribution < -0.4 is 10.1 Å². The normalized spacial score (nSPS) is 18.3. The Bertz CT molecular complexity index is 779. The zero-order valence-corrected chi connectivity index (χ0v) is 16.8. The zero-order chi connectivity index (χ0) is 20.0. The molecule has 27 heavy (non-hydrogen) atoms. The Hall–Kier alpha value is -2.13. The van der Waals surface area contributed by atoms with Crippen molar-refractivity contribution in [3.05, 3.63) is 24.3 Å². The van der Waals surface area contributed by atoms with Crippen LogP contribution in [0.25, 0.3) is 0 Å². The molecule has 1 heterocycles. The summed E-state index contributed by atoms with van der Waals surface area (Å²) in [6.07, 6.45) is 0.352. The minimum absolute atomic E-state index is 0.0399. The number of carbonyl (C=O) groups is 2. The van der Waals surface area contributed by atoms with Gasteiger partial charge in [-0.2, -0.15) is 0 Å². The lowest BCUT2D eigenvalue weighted by Gasteiger charge is -2.29. The van der Waals surface area contributed by atoms with Crippen molar-refractivity contribution in [1.82, 2.24) is 9.80 Å². The average Bonchev–Trinajstić information content (AvgIpc) is 2.96. The predicted molar refractivity (Wildman–Crippen MR) is 104 cm³/mol. The van der Waals surface area contributed by atoms with E-state index in [0.29, 0.717) is 31.0 Å². The highest BCUT2D eigenvalue weighted by atomic mass is 32.2. The van der Waals surface area contributed by atoms with Crippen LogP contribution in [0, 0.1) is 0 Å². The molecule has 1 saturated heterocycles. The third-order valence-corrected chi connectivity index (χ3v) is 6.08. The predicted octanol–water partition coefficient (Wildman–Crippen LogP) is 0.601. The van der Waals surface area contributed by atoms with E-state index in [1.54, 1.807) is 24.3 Å². The second-order valence-corrected chi connectivity index (χ2v) is 8.97. The van der Waals surface area contributed by atoms with E-state index in [0.717, 1.165) is 0 Å². The highest BCUT2D eigenvalue weighted by Gasteiger charge is 2.36. The zero-order valence-electron chi connectivity index (χ0n) is 16.0. The van der Waals surface area contributed by atoms with Crippen LogP contribution in [-0.4, -0.2) is 81.4 Å². The number of amides is 2. The van der Waals surface area contributed by atoms with Crippen molar-refractivity contribution >= 4 is 27.3 Å². The van der Waals surface area contributed by atoms with Crippen LogP contribution in [0.15, 0.2) is 24.3 Å². The maximum atomic E-state index is 12.8. The molecule has 0 aromatic heterocycles. The van der Waals surface area contributed by atoms with E-state index < -0.39 is 27.7 Å². The summed E-state index contributed by atoms with van der Waals surface area (Å²) < 4.78 is 29.1. The molecular formula is C18H27N3O5S. The number of carbonyl (C=O) groups excluding carboxylic acids is 2. The Morgan fingerprint density at radius 2 is 1.93 bits per heavy atom. The first-order valence-electron chi connectivity index (χ1n) is 8.92. The minimum Gasteiger partial charge on any atom is -0.492 e. The number of nitrogens with one attached hydrogen (secondary N) is 1. The van der Waals surface area contributed by atoms with Gasteiger partial charge < -0.3 is 19.9 Å². The van der Waals surface area contributed by atoms with Gasteiger partial charge in [-0.1, -0.05) is 12.1 Å². The molecule has 1 fully saturated rings. The molecule has 0 bridgehead atoms. The molecule has 1 aromatic carbocycles. The number of hydrogen-bond donors (Lipinski definition) is 1. The maximum absolute atomic E-state index is 12.8. The van der Waals surface area contributed by atoms with Crippen molar-refractivity contribution in [2.45, 2.75) is 19.4 Å². The van der Waals surface area contributed by atoms with Gasteiger partial charge in [0.1, 0.15) is 5.75 Å². The molecule has 1 aliphatic heterocycles. The van der Waals surface area contributed by atoms with Gasteiger partial charge in [0.25, 0.3) is 0 Å². The van der Waals surface area contributed by atoms with E-state index in [1.165, 1.54) is 4.90 Å². The fourth-order valence-corrected chi connectivity index (χ4v) is 4.67. The topological polar surface area (TPSA) is 96.0 Å². The molecule has 9 heteroatoms. The van der Waals surface area contributed by atoms with E-state index in [-0.39, 0.29) is 18.1 Å². The van der Waals surface area contributed by atoms with E-state index >= 15 is 0 Å². The van der Waals surface area contributed by atoms with Crippen molar-refractivity contribution in [2.75, 3.05) is 50.6 Å². The molecule has 0 aliphatic carbocycles. The number of ether oxygens (including phenoxy) is 1. The van der Waals surface area contributed by atoms with Crippen LogP contribution in [-0.2, 0) is 19.4 Å². The molecule has 1 unspecified atom stereocenters. The third kappa shape index (κ3) is 5.93. The molecule has 8 nitrogen and oxygen atoms in total. The second-order valence-electron chi connectivity index (χ2n) is 6.74. The summed E-state index contributed by atoms with van der Waals surface area (Å²) in [5, 5.41) is 2.59. The summed E-state index contributed by atoms with van der Waals surface area (Å²) in [4.78, 5) is 28.6. The number of rotatable bonds is 7. The Labute approximate surface area is 160 Å². The minimum atomic E-state index is -3.17. The van der Waals surface area contributed by atoms with Gasteiger partial charge in [-0.15, -0.1) is 0 Å². The summed E-state index contributed by atoms with van der Waals surface area (Å²) in [6.45, 7) is 3.07. The maximum Gasteiger partial charge on any atom is 0.314 e. The van der Waals surface area contributed by atoms with Gasteiger partial charge in [0.15, 0.2) is 9.84 Å². The molecule has 0 saturated carbocycles. The van der Waals surface area contributed by atoms with Crippen molar-refractivity contribution in [1.29, 1.82) is 0 Å². The van der Waals surface area contributed by atoms with Crippen LogP contribution in [0.1, 0.15) is 13.3 Å². The number of para-hydroxylation sites is 2. The van der Waals surface area contributed by atoms with E-state index in [1.807, 2.05) is 25.9 Å². The molecule has 150 valence electrons. The number of benzene rings is 1. The summed E-state index contributed by atoms with van der Waals surface area (Å²) >= 11 is 0. The van der Waals surface area contributed by atoms with Gasteiger partial charge in [-0.3, -0.25) is 9.59 Å². The van der Waals surface area contributed by atoms with E-state index in [9.17, 15) is 18.0 Å². The van der Waals surface area contributed by atoms with Crippen LogP contribution in [0.5, 0.6) is 5.75 Å². The fourth-order valence-electron chi connectivity index (χ4n) is 2.94.